The zero-order valence-corrected chi connectivity index (χ0v) is 15.1. The maximum absolute atomic E-state index is 12.2. The molecular weight excluding hydrogens is 334 g/mol. The molecule has 3 amide bonds. The molecule has 25 heavy (non-hydrogen) atoms. The second-order valence-electron chi connectivity index (χ2n) is 7.31. The number of unbranched alkanes of at least 4 members (excludes halogenated alkanes) is 1. The summed E-state index contributed by atoms with van der Waals surface area (Å²) in [6.07, 6.45) is 5.53. The van der Waals surface area contributed by atoms with Crippen molar-refractivity contribution in [2.75, 3.05) is 5.75 Å². The number of nitrogens with one attached hydrogen (secondary N) is 3. The van der Waals surface area contributed by atoms with Gasteiger partial charge in [0.1, 0.15) is 0 Å². The molecule has 2 saturated heterocycles. The monoisotopic (exact) mass is 359 g/mol. The molecule has 0 unspecified atom stereocenters. The van der Waals surface area contributed by atoms with Crippen LogP contribution in [-0.4, -0.2) is 41.1 Å². The van der Waals surface area contributed by atoms with Crippen LogP contribution in [0.2, 0.25) is 0 Å². The Morgan fingerprint density at radius 3 is 2.68 bits per heavy atom. The summed E-state index contributed by atoms with van der Waals surface area (Å²) in [4.78, 5) is 23.6. The van der Waals surface area contributed by atoms with Crippen LogP contribution in [0.4, 0.5) is 4.79 Å². The molecule has 3 N–H and O–H groups in total. The summed E-state index contributed by atoms with van der Waals surface area (Å²) in [7, 11) is 0. The molecule has 6 heteroatoms. The number of fused-ring (bicyclic) bond motifs is 2. The molecule has 134 valence electrons. The Kier molecular flexibility index (Phi) is 4.88. The van der Waals surface area contributed by atoms with Gasteiger partial charge in [-0.05, 0) is 36.8 Å². The fraction of sp³-hybridized carbons (Fsp3) is 0.579. The van der Waals surface area contributed by atoms with E-state index in [1.807, 2.05) is 11.8 Å². The van der Waals surface area contributed by atoms with E-state index in [9.17, 15) is 9.59 Å². The molecule has 0 aromatic heterocycles. The van der Waals surface area contributed by atoms with Crippen LogP contribution in [0.5, 0.6) is 0 Å². The second-order valence-corrected chi connectivity index (χ2v) is 8.58. The standard InChI is InChI=1S/C19H25N3O2S/c23-17(20-14-9-12-5-1-2-6-13(12)10-14)8-4-3-7-16-18-15(11-25-16)21-19(24)22-18/h1-2,5-6,14-16,18H,3-4,7-11H2,(H,20,23)(H2,21,22,24)/t15-,16-,18-/m0/s1. The molecule has 0 saturated carbocycles. The van der Waals surface area contributed by atoms with Gasteiger partial charge in [-0.15, -0.1) is 0 Å². The number of hydrogen-bond donors (Lipinski definition) is 3. The van der Waals surface area contributed by atoms with Crippen LogP contribution in [0.25, 0.3) is 0 Å². The van der Waals surface area contributed by atoms with Crippen LogP contribution >= 0.6 is 11.8 Å². The first-order valence-corrected chi connectivity index (χ1v) is 10.3. The van der Waals surface area contributed by atoms with Gasteiger partial charge < -0.3 is 16.0 Å². The Balaban J connectivity index is 1.14. The molecule has 0 bridgehead atoms. The number of benzene rings is 1. The van der Waals surface area contributed by atoms with E-state index in [1.54, 1.807) is 0 Å². The number of rotatable bonds is 6. The van der Waals surface area contributed by atoms with E-state index in [0.29, 0.717) is 11.7 Å². The quantitative estimate of drug-likeness (QED) is 0.537. The topological polar surface area (TPSA) is 70.2 Å². The first-order valence-electron chi connectivity index (χ1n) is 9.24. The molecule has 1 aromatic carbocycles. The van der Waals surface area contributed by atoms with Crippen LogP contribution in [0, 0.1) is 0 Å². The van der Waals surface area contributed by atoms with Crippen molar-refractivity contribution in [3.05, 3.63) is 35.4 Å². The van der Waals surface area contributed by atoms with E-state index < -0.39 is 0 Å². The fourth-order valence-electron chi connectivity index (χ4n) is 4.23. The van der Waals surface area contributed by atoms with Gasteiger partial charge in [0.25, 0.3) is 0 Å². The zero-order valence-electron chi connectivity index (χ0n) is 14.3. The lowest BCUT2D eigenvalue weighted by molar-refractivity contribution is -0.121. The zero-order chi connectivity index (χ0) is 17.2. The third-order valence-electron chi connectivity index (χ3n) is 5.50. The molecule has 3 aliphatic rings. The van der Waals surface area contributed by atoms with E-state index in [2.05, 4.69) is 40.2 Å². The van der Waals surface area contributed by atoms with Crippen molar-refractivity contribution in [3.63, 3.8) is 0 Å². The molecule has 1 aromatic rings. The second kappa shape index (κ2) is 7.28. The van der Waals surface area contributed by atoms with E-state index in [-0.39, 0.29) is 30.1 Å². The average Bonchev–Trinajstić information content (AvgIpc) is 3.25. The van der Waals surface area contributed by atoms with Gasteiger partial charge >= 0.3 is 6.03 Å². The van der Waals surface area contributed by atoms with Crippen molar-refractivity contribution in [2.24, 2.45) is 0 Å². The molecule has 4 rings (SSSR count). The molecule has 2 aliphatic heterocycles. The maximum atomic E-state index is 12.2. The number of amides is 3. The molecule has 5 nitrogen and oxygen atoms in total. The normalized spacial score (nSPS) is 27.5. The summed E-state index contributed by atoms with van der Waals surface area (Å²) in [5, 5.41) is 9.66. The van der Waals surface area contributed by atoms with E-state index >= 15 is 0 Å². The van der Waals surface area contributed by atoms with E-state index in [0.717, 1.165) is 37.9 Å². The number of hydrogen-bond acceptors (Lipinski definition) is 3. The van der Waals surface area contributed by atoms with Crippen LogP contribution < -0.4 is 16.0 Å². The highest BCUT2D eigenvalue weighted by Crippen LogP contribution is 2.33. The minimum atomic E-state index is -0.0303. The lowest BCUT2D eigenvalue weighted by atomic mass is 10.0. The van der Waals surface area contributed by atoms with Gasteiger partial charge in [0, 0.05) is 23.5 Å². The Hall–Kier alpha value is -1.69. The van der Waals surface area contributed by atoms with Gasteiger partial charge in [-0.25, -0.2) is 4.79 Å². The molecule has 1 aliphatic carbocycles. The van der Waals surface area contributed by atoms with Crippen molar-refractivity contribution < 1.29 is 9.59 Å². The molecule has 3 atom stereocenters. The molecule has 2 fully saturated rings. The van der Waals surface area contributed by atoms with Crippen molar-refractivity contribution >= 4 is 23.7 Å². The predicted molar refractivity (Wildman–Crippen MR) is 99.7 cm³/mol. The third-order valence-corrected chi connectivity index (χ3v) is 7.01. The number of thioether (sulfide) groups is 1. The van der Waals surface area contributed by atoms with Gasteiger partial charge in [0.2, 0.25) is 5.91 Å². The van der Waals surface area contributed by atoms with Gasteiger partial charge in [0.15, 0.2) is 0 Å². The molecule has 0 radical (unpaired) electrons. The van der Waals surface area contributed by atoms with E-state index in [4.69, 9.17) is 0 Å². The third kappa shape index (κ3) is 3.78. The average molecular weight is 359 g/mol. The Morgan fingerprint density at radius 2 is 1.92 bits per heavy atom. The highest BCUT2D eigenvalue weighted by Gasteiger charge is 2.42. The van der Waals surface area contributed by atoms with Gasteiger partial charge in [0.05, 0.1) is 12.1 Å². The molecular formula is C19H25N3O2S. The summed E-state index contributed by atoms with van der Waals surface area (Å²) >= 11 is 1.94. The Labute approximate surface area is 152 Å². The summed E-state index contributed by atoms with van der Waals surface area (Å²) in [5.74, 6) is 1.17. The van der Waals surface area contributed by atoms with E-state index in [1.165, 1.54) is 11.1 Å². The van der Waals surface area contributed by atoms with Crippen LogP contribution in [-0.2, 0) is 17.6 Å². The van der Waals surface area contributed by atoms with Crippen molar-refractivity contribution in [1.29, 1.82) is 0 Å². The molecule has 0 spiro atoms. The largest absolute Gasteiger partial charge is 0.353 e. The minimum Gasteiger partial charge on any atom is -0.353 e. The summed E-state index contributed by atoms with van der Waals surface area (Å²) in [5.41, 5.74) is 2.74. The first-order chi connectivity index (χ1) is 12.2. The van der Waals surface area contributed by atoms with Crippen molar-refractivity contribution in [3.8, 4) is 0 Å². The van der Waals surface area contributed by atoms with Crippen LogP contribution in [0.3, 0.4) is 0 Å². The molecule has 2 heterocycles. The van der Waals surface area contributed by atoms with Crippen LogP contribution in [0.15, 0.2) is 24.3 Å². The maximum Gasteiger partial charge on any atom is 0.315 e. The highest BCUT2D eigenvalue weighted by molar-refractivity contribution is 8.00. The summed E-state index contributed by atoms with van der Waals surface area (Å²) < 4.78 is 0. The van der Waals surface area contributed by atoms with Gasteiger partial charge in [-0.1, -0.05) is 30.7 Å². The lowest BCUT2D eigenvalue weighted by Crippen LogP contribution is -2.37. The predicted octanol–water partition coefficient (Wildman–Crippen LogP) is 2.00. The summed E-state index contributed by atoms with van der Waals surface area (Å²) in [6, 6.07) is 9.23. The SMILES string of the molecule is O=C(CCCC[C@@H]1SC[C@@H]2NC(=O)N[C@@H]21)NC1Cc2ccccc2C1. The van der Waals surface area contributed by atoms with Gasteiger partial charge in [-0.3, -0.25) is 4.79 Å². The number of carbonyl (C=O) groups excluding carboxylic acids is 2. The minimum absolute atomic E-state index is 0.0303. The number of urea groups is 1. The Morgan fingerprint density at radius 1 is 1.16 bits per heavy atom. The number of carbonyl (C=O) groups is 2. The van der Waals surface area contributed by atoms with Gasteiger partial charge in [-0.2, -0.15) is 11.8 Å². The first kappa shape index (κ1) is 16.8. The smallest absolute Gasteiger partial charge is 0.315 e. The van der Waals surface area contributed by atoms with Crippen LogP contribution in [0.1, 0.15) is 36.8 Å². The lowest BCUT2D eigenvalue weighted by Gasteiger charge is -2.16. The Bertz CT molecular complexity index is 641. The highest BCUT2D eigenvalue weighted by atomic mass is 32.2. The van der Waals surface area contributed by atoms with Crippen molar-refractivity contribution in [1.82, 2.24) is 16.0 Å². The van der Waals surface area contributed by atoms with Crippen molar-refractivity contribution in [2.45, 2.75) is 61.9 Å². The summed E-state index contributed by atoms with van der Waals surface area (Å²) in [6.45, 7) is 0. The fourth-order valence-corrected chi connectivity index (χ4v) is 5.78.